The number of hydrogen-bond donors (Lipinski definition) is 1. The van der Waals surface area contributed by atoms with Crippen LogP contribution in [0.25, 0.3) is 0 Å². The summed E-state index contributed by atoms with van der Waals surface area (Å²) in [6, 6.07) is 3.86. The van der Waals surface area contributed by atoms with Crippen molar-refractivity contribution in [3.8, 4) is 0 Å². The van der Waals surface area contributed by atoms with Gasteiger partial charge in [0, 0.05) is 11.9 Å². The molecule has 68 valence electrons. The molecule has 0 radical (unpaired) electrons. The third-order valence-corrected chi connectivity index (χ3v) is 2.52. The van der Waals surface area contributed by atoms with Crippen LogP contribution in [0.3, 0.4) is 0 Å². The van der Waals surface area contributed by atoms with Crippen LogP contribution in [-0.2, 0) is 11.2 Å². The third kappa shape index (κ3) is 1.54. The Kier molecular flexibility index (Phi) is 2.00. The molecular weight excluding hydrogens is 166 g/mol. The molecule has 3 heteroatoms. The van der Waals surface area contributed by atoms with Crippen molar-refractivity contribution in [3.63, 3.8) is 0 Å². The average molecular weight is 177 g/mol. The van der Waals surface area contributed by atoms with Gasteiger partial charge in [0.25, 0.3) is 0 Å². The zero-order valence-electron chi connectivity index (χ0n) is 7.23. The quantitative estimate of drug-likeness (QED) is 0.746. The number of fused-ring (bicyclic) bond motifs is 1. The molecule has 0 spiro atoms. The first-order valence-corrected chi connectivity index (χ1v) is 4.43. The molecule has 0 amide bonds. The second-order valence-corrected chi connectivity index (χ2v) is 3.37. The molecule has 1 unspecified atom stereocenters. The van der Waals surface area contributed by atoms with Gasteiger partial charge in [-0.25, -0.2) is 0 Å². The molecule has 1 aliphatic carbocycles. The Hall–Kier alpha value is -1.38. The summed E-state index contributed by atoms with van der Waals surface area (Å²) in [6.07, 6.45) is 3.85. The summed E-state index contributed by atoms with van der Waals surface area (Å²) in [6.45, 7) is 0. The maximum Gasteiger partial charge on any atom is 0.303 e. The lowest BCUT2D eigenvalue weighted by Crippen LogP contribution is -2.02. The molecule has 0 aliphatic heterocycles. The number of aromatic nitrogens is 1. The molecular formula is C10H11NO2. The van der Waals surface area contributed by atoms with Crippen LogP contribution in [0.1, 0.15) is 30.0 Å². The number of carboxylic acid groups (broad SMARTS) is 1. The summed E-state index contributed by atoms with van der Waals surface area (Å²) in [5.74, 6) is -0.539. The van der Waals surface area contributed by atoms with Crippen molar-refractivity contribution in [2.75, 3.05) is 0 Å². The minimum absolute atomic E-state index is 0.182. The predicted molar refractivity (Wildman–Crippen MR) is 47.6 cm³/mol. The van der Waals surface area contributed by atoms with E-state index in [1.165, 1.54) is 0 Å². The summed E-state index contributed by atoms with van der Waals surface area (Å²) in [5, 5.41) is 8.68. The van der Waals surface area contributed by atoms with Crippen molar-refractivity contribution in [3.05, 3.63) is 29.6 Å². The lowest BCUT2D eigenvalue weighted by molar-refractivity contribution is -0.137. The van der Waals surface area contributed by atoms with Crippen LogP contribution >= 0.6 is 0 Å². The monoisotopic (exact) mass is 177 g/mol. The maximum absolute atomic E-state index is 10.5. The van der Waals surface area contributed by atoms with Crippen LogP contribution in [-0.4, -0.2) is 16.1 Å². The normalized spacial score (nSPS) is 19.8. The first-order chi connectivity index (χ1) is 6.27. The van der Waals surface area contributed by atoms with E-state index in [1.54, 1.807) is 6.20 Å². The van der Waals surface area contributed by atoms with Crippen molar-refractivity contribution in [1.29, 1.82) is 0 Å². The molecule has 1 atom stereocenters. The fourth-order valence-electron chi connectivity index (χ4n) is 1.92. The largest absolute Gasteiger partial charge is 0.481 e. The molecule has 0 aromatic carbocycles. The van der Waals surface area contributed by atoms with Crippen molar-refractivity contribution in [1.82, 2.24) is 4.98 Å². The molecule has 13 heavy (non-hydrogen) atoms. The van der Waals surface area contributed by atoms with Gasteiger partial charge in [0.15, 0.2) is 0 Å². The predicted octanol–water partition coefficient (Wildman–Crippen LogP) is 1.59. The van der Waals surface area contributed by atoms with Gasteiger partial charge in [-0.3, -0.25) is 9.78 Å². The van der Waals surface area contributed by atoms with Gasteiger partial charge in [-0.1, -0.05) is 6.07 Å². The number of aryl methyl sites for hydroxylation is 1. The highest BCUT2D eigenvalue weighted by atomic mass is 16.4. The fraction of sp³-hybridized carbons (Fsp3) is 0.400. The van der Waals surface area contributed by atoms with Crippen LogP contribution in [0, 0.1) is 0 Å². The first-order valence-electron chi connectivity index (χ1n) is 4.43. The Morgan fingerprint density at radius 3 is 3.31 bits per heavy atom. The molecule has 1 aromatic rings. The lowest BCUT2D eigenvalue weighted by Gasteiger charge is -2.06. The van der Waals surface area contributed by atoms with Gasteiger partial charge in [0.05, 0.1) is 6.42 Å². The van der Waals surface area contributed by atoms with Crippen LogP contribution in [0.2, 0.25) is 0 Å². The minimum Gasteiger partial charge on any atom is -0.481 e. The molecule has 1 heterocycles. The minimum atomic E-state index is -0.721. The van der Waals surface area contributed by atoms with E-state index in [-0.39, 0.29) is 12.3 Å². The Morgan fingerprint density at radius 1 is 1.69 bits per heavy atom. The summed E-state index contributed by atoms with van der Waals surface area (Å²) < 4.78 is 0. The first kappa shape index (κ1) is 8.23. The van der Waals surface area contributed by atoms with Crippen molar-refractivity contribution in [2.24, 2.45) is 0 Å². The Morgan fingerprint density at radius 2 is 2.54 bits per heavy atom. The van der Waals surface area contributed by atoms with Gasteiger partial charge >= 0.3 is 5.97 Å². The lowest BCUT2D eigenvalue weighted by atomic mass is 9.99. The second kappa shape index (κ2) is 3.17. The van der Waals surface area contributed by atoms with Crippen LogP contribution in [0.4, 0.5) is 0 Å². The molecule has 1 N–H and O–H groups in total. The SMILES string of the molecule is O=C(O)CC1CCc2ncccc21. The molecule has 0 fully saturated rings. The number of carbonyl (C=O) groups is 1. The zero-order chi connectivity index (χ0) is 9.26. The van der Waals surface area contributed by atoms with E-state index < -0.39 is 5.97 Å². The molecule has 3 nitrogen and oxygen atoms in total. The Bertz CT molecular complexity index is 335. The van der Waals surface area contributed by atoms with E-state index in [4.69, 9.17) is 5.11 Å². The van der Waals surface area contributed by atoms with Gasteiger partial charge in [-0.05, 0) is 30.4 Å². The Labute approximate surface area is 76.4 Å². The van der Waals surface area contributed by atoms with Crippen molar-refractivity contribution < 1.29 is 9.90 Å². The molecule has 0 saturated carbocycles. The highest BCUT2D eigenvalue weighted by molar-refractivity contribution is 5.68. The van der Waals surface area contributed by atoms with Gasteiger partial charge in [0.2, 0.25) is 0 Å². The maximum atomic E-state index is 10.5. The van der Waals surface area contributed by atoms with Crippen molar-refractivity contribution in [2.45, 2.75) is 25.2 Å². The van der Waals surface area contributed by atoms with E-state index in [0.29, 0.717) is 0 Å². The van der Waals surface area contributed by atoms with E-state index in [9.17, 15) is 4.79 Å². The molecule has 0 saturated heterocycles. The number of rotatable bonds is 2. The van der Waals surface area contributed by atoms with Crippen LogP contribution in [0.15, 0.2) is 18.3 Å². The van der Waals surface area contributed by atoms with E-state index >= 15 is 0 Å². The third-order valence-electron chi connectivity index (χ3n) is 2.52. The van der Waals surface area contributed by atoms with Gasteiger partial charge in [-0.2, -0.15) is 0 Å². The number of hydrogen-bond acceptors (Lipinski definition) is 2. The van der Waals surface area contributed by atoms with Gasteiger partial charge in [-0.15, -0.1) is 0 Å². The average Bonchev–Trinajstić information content (AvgIpc) is 2.48. The van der Waals surface area contributed by atoms with Crippen LogP contribution < -0.4 is 0 Å². The van der Waals surface area contributed by atoms with Gasteiger partial charge < -0.3 is 5.11 Å². The summed E-state index contributed by atoms with van der Waals surface area (Å²) in [4.78, 5) is 14.8. The summed E-state index contributed by atoms with van der Waals surface area (Å²) in [7, 11) is 0. The number of aliphatic carboxylic acids is 1. The fourth-order valence-corrected chi connectivity index (χ4v) is 1.92. The van der Waals surface area contributed by atoms with Crippen molar-refractivity contribution >= 4 is 5.97 Å². The van der Waals surface area contributed by atoms with Gasteiger partial charge in [0.1, 0.15) is 0 Å². The molecule has 0 bridgehead atoms. The van der Waals surface area contributed by atoms with E-state index in [0.717, 1.165) is 24.1 Å². The van der Waals surface area contributed by atoms with E-state index in [2.05, 4.69) is 4.98 Å². The highest BCUT2D eigenvalue weighted by Crippen LogP contribution is 2.33. The van der Waals surface area contributed by atoms with E-state index in [1.807, 2.05) is 12.1 Å². The molecule has 1 aromatic heterocycles. The zero-order valence-corrected chi connectivity index (χ0v) is 7.23. The molecule has 2 rings (SSSR count). The van der Waals surface area contributed by atoms with Crippen LogP contribution in [0.5, 0.6) is 0 Å². The standard InChI is InChI=1S/C10H11NO2/c12-10(13)6-7-3-4-9-8(7)2-1-5-11-9/h1-2,5,7H,3-4,6H2,(H,12,13). The summed E-state index contributed by atoms with van der Waals surface area (Å²) >= 11 is 0. The topological polar surface area (TPSA) is 50.2 Å². The Balaban J connectivity index is 2.23. The summed E-state index contributed by atoms with van der Waals surface area (Å²) in [5.41, 5.74) is 2.21. The number of nitrogens with zero attached hydrogens (tertiary/aromatic N) is 1. The number of pyridine rings is 1. The smallest absolute Gasteiger partial charge is 0.303 e. The highest BCUT2D eigenvalue weighted by Gasteiger charge is 2.24. The molecule has 1 aliphatic rings. The number of carboxylic acids is 1. The second-order valence-electron chi connectivity index (χ2n) is 3.37.